The van der Waals surface area contributed by atoms with Crippen molar-refractivity contribution in [1.29, 1.82) is 0 Å². The first-order valence-electron chi connectivity index (χ1n) is 29.2. The Morgan fingerprint density at radius 1 is 0.456 bits per heavy atom. The summed E-state index contributed by atoms with van der Waals surface area (Å²) in [5.74, 6) is 0. The molecule has 5 heteroatoms. The van der Waals surface area contributed by atoms with Crippen molar-refractivity contribution in [1.82, 2.24) is 0 Å². The van der Waals surface area contributed by atoms with Gasteiger partial charge in [0.05, 0.1) is 17.1 Å². The maximum atomic E-state index is 2.78. The van der Waals surface area contributed by atoms with E-state index in [9.17, 15) is 0 Å². The summed E-state index contributed by atoms with van der Waals surface area (Å²) in [6, 6.07) is 66.0. The molecule has 0 amide bonds. The zero-order valence-electron chi connectivity index (χ0n) is 49.3. The zero-order valence-corrected chi connectivity index (χ0v) is 50.1. The van der Waals surface area contributed by atoms with E-state index in [1.165, 1.54) is 104 Å². The molecule has 0 spiro atoms. The summed E-state index contributed by atoms with van der Waals surface area (Å²) >= 11 is 2.01. The Kier molecular flexibility index (Phi) is 11.7. The van der Waals surface area contributed by atoms with Gasteiger partial charge in [0.2, 0.25) is 0 Å². The zero-order chi connectivity index (χ0) is 55.3. The molecule has 2 aliphatic carbocycles. The lowest BCUT2D eigenvalue weighted by Gasteiger charge is -2.48. The molecule has 0 atom stereocenters. The number of hydrogen-bond donors (Lipinski definition) is 0. The van der Waals surface area contributed by atoms with Gasteiger partial charge < -0.3 is 14.7 Å². The fourth-order valence-electron chi connectivity index (χ4n) is 14.2. The number of para-hydroxylation sites is 2. The lowest BCUT2D eigenvalue weighted by molar-refractivity contribution is 0.332. The molecule has 1 aromatic heterocycles. The van der Waals surface area contributed by atoms with Gasteiger partial charge in [0.1, 0.15) is 0 Å². The third-order valence-electron chi connectivity index (χ3n) is 19.0. The molecular weight excluding hydrogens is 974 g/mol. The van der Waals surface area contributed by atoms with Crippen LogP contribution in [0.2, 0.25) is 0 Å². The molecule has 0 N–H and O–H groups in total. The number of hydrogen-bond acceptors (Lipinski definition) is 4. The summed E-state index contributed by atoms with van der Waals surface area (Å²) in [4.78, 5) is 7.96. The van der Waals surface area contributed by atoms with Crippen LogP contribution in [0.25, 0.3) is 21.2 Å². The van der Waals surface area contributed by atoms with Crippen molar-refractivity contribution < 1.29 is 0 Å². The molecule has 3 heterocycles. The first-order valence-corrected chi connectivity index (χ1v) is 30.0. The SMILES string of the molecule is CC(C)(C)c1ccc(N2c3cc(N(c4ccccc4)c4ccccc4)cc4c3B(c3cc5c(cc3N4c3ccc4c(c3-c3ccccc3)C(C)(C)CCC4(C)C)C(C)(C)CCC5(C)C)c3sc4ccc(C(C)(C)C)cc4c32)cc1. The van der Waals surface area contributed by atoms with Crippen molar-refractivity contribution in [3.8, 4) is 11.1 Å². The van der Waals surface area contributed by atoms with E-state index in [4.69, 9.17) is 0 Å². The largest absolute Gasteiger partial charge is 0.311 e. The van der Waals surface area contributed by atoms with Crippen molar-refractivity contribution >= 4 is 95.0 Å². The van der Waals surface area contributed by atoms with Crippen LogP contribution >= 0.6 is 11.3 Å². The third kappa shape index (κ3) is 8.25. The third-order valence-corrected chi connectivity index (χ3v) is 20.3. The standard InChI is InChI=1S/C74H78BN3S/c1-69(2,3)48-30-33-52(34-31-48)77-61-43-53(76(50-26-20-16-21-27-50)51-28-22-17-23-29-51)44-62-66(61)75(68-67(77)54-42-49(70(4,5)6)32-37-63(54)79-68)58-45-56-57(73(11,12)39-38-72(56,9)10)46-60(58)78(62)59-36-35-55-65(64(59)47-24-18-15-19-25-47)74(13,14)41-40-71(55,7)8/h15-37,42-46H,38-41H2,1-14H3. The predicted octanol–water partition coefficient (Wildman–Crippen LogP) is 19.4. The minimum Gasteiger partial charge on any atom is -0.311 e. The van der Waals surface area contributed by atoms with Gasteiger partial charge in [-0.25, -0.2) is 0 Å². The number of anilines is 9. The Hall–Kier alpha value is -6.82. The van der Waals surface area contributed by atoms with Gasteiger partial charge in [0, 0.05) is 54.6 Å². The Morgan fingerprint density at radius 2 is 0.975 bits per heavy atom. The van der Waals surface area contributed by atoms with Crippen molar-refractivity contribution in [3.63, 3.8) is 0 Å². The van der Waals surface area contributed by atoms with Crippen LogP contribution in [-0.4, -0.2) is 6.71 Å². The number of thiophene rings is 1. The second-order valence-electron chi connectivity index (χ2n) is 28.3. The van der Waals surface area contributed by atoms with Crippen LogP contribution in [0.15, 0.2) is 170 Å². The molecule has 3 nitrogen and oxygen atoms in total. The van der Waals surface area contributed by atoms with Crippen molar-refractivity contribution in [3.05, 3.63) is 203 Å². The van der Waals surface area contributed by atoms with Crippen LogP contribution in [0.3, 0.4) is 0 Å². The van der Waals surface area contributed by atoms with Gasteiger partial charge in [-0.1, -0.05) is 194 Å². The molecule has 0 saturated carbocycles. The van der Waals surface area contributed by atoms with Crippen LogP contribution in [0.5, 0.6) is 0 Å². The number of nitrogens with zero attached hydrogens (tertiary/aromatic N) is 3. The molecular formula is C74H78BN3S. The Labute approximate surface area is 476 Å². The van der Waals surface area contributed by atoms with E-state index in [0.717, 1.165) is 42.7 Å². The van der Waals surface area contributed by atoms with Gasteiger partial charge in [0.25, 0.3) is 6.71 Å². The molecule has 4 aliphatic rings. The maximum Gasteiger partial charge on any atom is 0.264 e. The highest BCUT2D eigenvalue weighted by Gasteiger charge is 2.50. The van der Waals surface area contributed by atoms with Gasteiger partial charge in [0.15, 0.2) is 0 Å². The van der Waals surface area contributed by atoms with Gasteiger partial charge in [-0.3, -0.25) is 0 Å². The summed E-state index contributed by atoms with van der Waals surface area (Å²) in [7, 11) is 0. The smallest absolute Gasteiger partial charge is 0.264 e. The van der Waals surface area contributed by atoms with Crippen molar-refractivity contribution in [2.45, 2.75) is 155 Å². The van der Waals surface area contributed by atoms with Crippen LogP contribution in [0.4, 0.5) is 51.2 Å². The van der Waals surface area contributed by atoms with Crippen LogP contribution in [-0.2, 0) is 32.5 Å². The van der Waals surface area contributed by atoms with E-state index in [1.807, 2.05) is 11.3 Å². The summed E-state index contributed by atoms with van der Waals surface area (Å²) in [6.45, 7) is 34.0. The Morgan fingerprint density at radius 3 is 1.56 bits per heavy atom. The fraction of sp³-hybridized carbons (Fsp3) is 0.324. The lowest BCUT2D eigenvalue weighted by Crippen LogP contribution is -2.61. The maximum absolute atomic E-state index is 2.78. The summed E-state index contributed by atoms with van der Waals surface area (Å²) in [5, 5.41) is 1.32. The fourth-order valence-corrected chi connectivity index (χ4v) is 15.5. The Bertz CT molecular complexity index is 3830. The minimum atomic E-state index is -0.0678. The van der Waals surface area contributed by atoms with Gasteiger partial charge in [-0.05, 0) is 181 Å². The lowest BCUT2D eigenvalue weighted by atomic mass is 9.35. The number of benzene rings is 8. The molecule has 79 heavy (non-hydrogen) atoms. The summed E-state index contributed by atoms with van der Waals surface area (Å²) in [5.41, 5.74) is 24.7. The van der Waals surface area contributed by atoms with Crippen LogP contribution < -0.4 is 30.4 Å². The highest BCUT2D eigenvalue weighted by molar-refractivity contribution is 7.33. The average molecular weight is 1050 g/mol. The number of rotatable bonds is 6. The highest BCUT2D eigenvalue weighted by Crippen LogP contribution is 2.58. The second kappa shape index (κ2) is 17.8. The molecule has 2 aliphatic heterocycles. The molecule has 8 aromatic carbocycles. The topological polar surface area (TPSA) is 9.72 Å². The van der Waals surface area contributed by atoms with Gasteiger partial charge in [-0.15, -0.1) is 11.3 Å². The second-order valence-corrected chi connectivity index (χ2v) is 29.4. The average Bonchev–Trinajstić information content (AvgIpc) is 2.52. The van der Waals surface area contributed by atoms with E-state index in [0.29, 0.717) is 0 Å². The highest BCUT2D eigenvalue weighted by atomic mass is 32.1. The first kappa shape index (κ1) is 51.6. The normalized spacial score (nSPS) is 17.4. The first-order chi connectivity index (χ1) is 37.4. The molecule has 0 unspecified atom stereocenters. The Balaban J connectivity index is 1.24. The van der Waals surface area contributed by atoms with Crippen LogP contribution in [0.1, 0.15) is 156 Å². The number of fused-ring (bicyclic) bond motifs is 8. The van der Waals surface area contributed by atoms with E-state index < -0.39 is 0 Å². The van der Waals surface area contributed by atoms with E-state index >= 15 is 0 Å². The quantitative estimate of drug-likeness (QED) is 0.154. The molecule has 13 rings (SSSR count). The van der Waals surface area contributed by atoms with Gasteiger partial charge in [-0.2, -0.15) is 0 Å². The van der Waals surface area contributed by atoms with Crippen molar-refractivity contribution in [2.75, 3.05) is 14.7 Å². The van der Waals surface area contributed by atoms with E-state index in [-0.39, 0.29) is 39.2 Å². The monoisotopic (exact) mass is 1050 g/mol. The molecule has 0 radical (unpaired) electrons. The molecule has 9 aromatic rings. The van der Waals surface area contributed by atoms with E-state index in [1.54, 1.807) is 0 Å². The summed E-state index contributed by atoms with van der Waals surface area (Å²) in [6.07, 6.45) is 4.56. The molecule has 0 saturated heterocycles. The molecule has 398 valence electrons. The van der Waals surface area contributed by atoms with Crippen LogP contribution in [0, 0.1) is 0 Å². The van der Waals surface area contributed by atoms with Crippen molar-refractivity contribution in [2.24, 2.45) is 0 Å². The summed E-state index contributed by atoms with van der Waals surface area (Å²) < 4.78 is 2.74. The van der Waals surface area contributed by atoms with E-state index in [2.05, 4.69) is 281 Å². The predicted molar refractivity (Wildman–Crippen MR) is 344 cm³/mol. The minimum absolute atomic E-state index is 0.000276. The molecule has 0 bridgehead atoms. The molecule has 0 fully saturated rings. The van der Waals surface area contributed by atoms with Gasteiger partial charge >= 0.3 is 0 Å².